The van der Waals surface area contributed by atoms with Gasteiger partial charge in [-0.1, -0.05) is 40.9 Å². The number of thiazole rings is 1. The Bertz CT molecular complexity index is 1110. The van der Waals surface area contributed by atoms with Gasteiger partial charge in [0.2, 0.25) is 0 Å². The number of aryl methyl sites for hydroxylation is 2. The zero-order valence-electron chi connectivity index (χ0n) is 16.4. The second-order valence-electron chi connectivity index (χ2n) is 7.55. The summed E-state index contributed by atoms with van der Waals surface area (Å²) in [5, 5.41) is 2.93. The number of anilines is 1. The van der Waals surface area contributed by atoms with Gasteiger partial charge in [0.1, 0.15) is 0 Å². The molecule has 0 radical (unpaired) electrons. The van der Waals surface area contributed by atoms with Crippen LogP contribution in [0.25, 0.3) is 11.3 Å². The highest BCUT2D eigenvalue weighted by molar-refractivity contribution is 7.92. The fraction of sp³-hybridized carbons (Fsp3) is 0.318. The first-order chi connectivity index (χ1) is 13.8. The van der Waals surface area contributed by atoms with Crippen LogP contribution in [-0.2, 0) is 9.84 Å². The summed E-state index contributed by atoms with van der Waals surface area (Å²) in [5.41, 5.74) is 4.55. The largest absolute Gasteiger partial charge is 0.348 e. The third kappa shape index (κ3) is 4.20. The fourth-order valence-corrected chi connectivity index (χ4v) is 7.02. The molecule has 2 heterocycles. The maximum Gasteiger partial charge on any atom is 0.185 e. The smallest absolute Gasteiger partial charge is 0.185 e. The maximum atomic E-state index is 13.0. The normalized spacial score (nSPS) is 15.6. The van der Waals surface area contributed by atoms with E-state index in [1.54, 1.807) is 35.6 Å². The van der Waals surface area contributed by atoms with Crippen molar-refractivity contribution in [3.05, 3.63) is 64.0 Å². The summed E-state index contributed by atoms with van der Waals surface area (Å²) in [6.45, 7) is 5.53. The lowest BCUT2D eigenvalue weighted by molar-refractivity contribution is 0.529. The van der Waals surface area contributed by atoms with E-state index in [2.05, 4.69) is 42.3 Å². The van der Waals surface area contributed by atoms with E-state index in [0.29, 0.717) is 31.0 Å². The summed E-state index contributed by atoms with van der Waals surface area (Å²) >= 11 is 7.75. The van der Waals surface area contributed by atoms with Crippen molar-refractivity contribution in [2.45, 2.75) is 36.8 Å². The molecule has 0 spiro atoms. The highest BCUT2D eigenvalue weighted by Crippen LogP contribution is 2.33. The molecule has 4 rings (SSSR count). The van der Waals surface area contributed by atoms with E-state index in [4.69, 9.17) is 16.6 Å². The van der Waals surface area contributed by atoms with Gasteiger partial charge in [-0.15, -0.1) is 11.3 Å². The molecule has 4 nitrogen and oxygen atoms in total. The number of rotatable bonds is 4. The molecule has 1 aliphatic rings. The molecule has 0 aliphatic carbocycles. The number of nitrogens with zero attached hydrogens (tertiary/aromatic N) is 2. The zero-order valence-corrected chi connectivity index (χ0v) is 18.8. The van der Waals surface area contributed by atoms with E-state index in [-0.39, 0.29) is 4.90 Å². The van der Waals surface area contributed by atoms with Crippen LogP contribution in [0.4, 0.5) is 5.13 Å². The molecule has 1 aliphatic heterocycles. The molecular weight excluding hydrogens is 424 g/mol. The quantitative estimate of drug-likeness (QED) is 0.529. The monoisotopic (exact) mass is 446 g/mol. The van der Waals surface area contributed by atoms with Crippen molar-refractivity contribution in [2.24, 2.45) is 0 Å². The van der Waals surface area contributed by atoms with E-state index in [1.807, 2.05) is 0 Å². The predicted octanol–water partition coefficient (Wildman–Crippen LogP) is 5.52. The molecule has 2 aromatic carbocycles. The number of hydrogen-bond donors (Lipinski definition) is 0. The molecule has 1 saturated heterocycles. The van der Waals surface area contributed by atoms with E-state index in [0.717, 1.165) is 16.4 Å². The van der Waals surface area contributed by atoms with Crippen molar-refractivity contribution in [1.82, 2.24) is 4.98 Å². The molecule has 0 N–H and O–H groups in total. The van der Waals surface area contributed by atoms with Crippen LogP contribution in [0.3, 0.4) is 0 Å². The SMILES string of the molecule is Cc1cc(C)cc(-c2csc(N3CCC(S(=O)(=O)c4ccccc4Cl)CC3)n2)c1. The average Bonchev–Trinajstić information content (AvgIpc) is 3.18. The van der Waals surface area contributed by atoms with Crippen LogP contribution < -0.4 is 4.90 Å². The minimum Gasteiger partial charge on any atom is -0.348 e. The Kier molecular flexibility index (Phi) is 5.69. The van der Waals surface area contributed by atoms with Crippen molar-refractivity contribution in [1.29, 1.82) is 0 Å². The number of sulfone groups is 1. The summed E-state index contributed by atoms with van der Waals surface area (Å²) < 4.78 is 26.0. The van der Waals surface area contributed by atoms with E-state index < -0.39 is 15.1 Å². The van der Waals surface area contributed by atoms with Gasteiger partial charge < -0.3 is 4.90 Å². The molecule has 0 bridgehead atoms. The number of aromatic nitrogens is 1. The molecule has 0 atom stereocenters. The third-order valence-electron chi connectivity index (χ3n) is 5.30. The Hall–Kier alpha value is -1.89. The van der Waals surface area contributed by atoms with E-state index >= 15 is 0 Å². The van der Waals surface area contributed by atoms with Crippen LogP contribution in [0.5, 0.6) is 0 Å². The van der Waals surface area contributed by atoms with Gasteiger partial charge in [-0.25, -0.2) is 13.4 Å². The first kappa shape index (κ1) is 20.4. The summed E-state index contributed by atoms with van der Waals surface area (Å²) in [5.74, 6) is 0. The second kappa shape index (κ2) is 8.09. The standard InChI is InChI=1S/C22H23ClN2O2S2/c1-15-11-16(2)13-17(12-15)20-14-28-22(24-20)25-9-7-18(8-10-25)29(26,27)21-6-4-3-5-19(21)23/h3-6,11-14,18H,7-10H2,1-2H3. The first-order valence-corrected chi connectivity index (χ1v) is 12.4. The van der Waals surface area contributed by atoms with Crippen LogP contribution in [0.2, 0.25) is 5.02 Å². The lowest BCUT2D eigenvalue weighted by Crippen LogP contribution is -2.39. The topological polar surface area (TPSA) is 50.3 Å². The highest BCUT2D eigenvalue weighted by Gasteiger charge is 2.33. The average molecular weight is 447 g/mol. The van der Waals surface area contributed by atoms with Gasteiger partial charge in [-0.05, 0) is 51.0 Å². The molecule has 152 valence electrons. The molecule has 1 fully saturated rings. The van der Waals surface area contributed by atoms with Crippen molar-refractivity contribution in [3.63, 3.8) is 0 Å². The summed E-state index contributed by atoms with van der Waals surface area (Å²) in [6, 6.07) is 13.1. The summed E-state index contributed by atoms with van der Waals surface area (Å²) in [4.78, 5) is 7.25. The van der Waals surface area contributed by atoms with Gasteiger partial charge >= 0.3 is 0 Å². The van der Waals surface area contributed by atoms with Gasteiger partial charge in [0, 0.05) is 24.0 Å². The Morgan fingerprint density at radius 1 is 1.07 bits per heavy atom. The number of piperidine rings is 1. The van der Waals surface area contributed by atoms with Crippen LogP contribution in [0.1, 0.15) is 24.0 Å². The second-order valence-corrected chi connectivity index (χ2v) is 11.0. The first-order valence-electron chi connectivity index (χ1n) is 9.62. The lowest BCUT2D eigenvalue weighted by Gasteiger charge is -2.31. The predicted molar refractivity (Wildman–Crippen MR) is 121 cm³/mol. The molecule has 0 unspecified atom stereocenters. The summed E-state index contributed by atoms with van der Waals surface area (Å²) in [7, 11) is -3.42. The summed E-state index contributed by atoms with van der Waals surface area (Å²) in [6.07, 6.45) is 1.15. The Morgan fingerprint density at radius 3 is 2.38 bits per heavy atom. The van der Waals surface area contributed by atoms with Gasteiger partial charge in [-0.3, -0.25) is 0 Å². The molecule has 29 heavy (non-hydrogen) atoms. The van der Waals surface area contributed by atoms with Crippen molar-refractivity contribution in [2.75, 3.05) is 18.0 Å². The molecule has 0 saturated carbocycles. The molecule has 1 aromatic heterocycles. The van der Waals surface area contributed by atoms with Gasteiger partial charge in [0.15, 0.2) is 15.0 Å². The fourth-order valence-electron chi connectivity index (χ4n) is 3.88. The Morgan fingerprint density at radius 2 is 1.72 bits per heavy atom. The van der Waals surface area contributed by atoms with E-state index in [9.17, 15) is 8.42 Å². The Balaban J connectivity index is 1.48. The van der Waals surface area contributed by atoms with Gasteiger partial charge in [-0.2, -0.15) is 0 Å². The van der Waals surface area contributed by atoms with Crippen LogP contribution in [0, 0.1) is 13.8 Å². The highest BCUT2D eigenvalue weighted by atomic mass is 35.5. The molecule has 7 heteroatoms. The molecular formula is C22H23ClN2O2S2. The maximum absolute atomic E-state index is 13.0. The number of hydrogen-bond acceptors (Lipinski definition) is 5. The minimum atomic E-state index is -3.42. The van der Waals surface area contributed by atoms with Gasteiger partial charge in [0.25, 0.3) is 0 Å². The zero-order chi connectivity index (χ0) is 20.6. The van der Waals surface area contributed by atoms with Crippen molar-refractivity contribution in [3.8, 4) is 11.3 Å². The lowest BCUT2D eigenvalue weighted by atomic mass is 10.1. The number of halogens is 1. The van der Waals surface area contributed by atoms with Crippen LogP contribution in [-0.4, -0.2) is 31.7 Å². The van der Waals surface area contributed by atoms with Crippen LogP contribution >= 0.6 is 22.9 Å². The third-order valence-corrected chi connectivity index (χ3v) is 8.97. The number of benzene rings is 2. The van der Waals surface area contributed by atoms with Gasteiger partial charge in [0.05, 0.1) is 20.9 Å². The van der Waals surface area contributed by atoms with Crippen molar-refractivity contribution < 1.29 is 8.42 Å². The molecule has 0 amide bonds. The van der Waals surface area contributed by atoms with Crippen LogP contribution in [0.15, 0.2) is 52.7 Å². The Labute approximate surface area is 181 Å². The minimum absolute atomic E-state index is 0.242. The van der Waals surface area contributed by atoms with E-state index in [1.165, 1.54) is 11.1 Å². The molecule has 3 aromatic rings. The van der Waals surface area contributed by atoms with Crippen molar-refractivity contribution >= 4 is 37.9 Å².